The molecule has 2 bridgehead atoms. The minimum Gasteiger partial charge on any atom is -0.473 e. The zero-order valence-electron chi connectivity index (χ0n) is 18.5. The van der Waals surface area contributed by atoms with Crippen molar-refractivity contribution < 1.29 is 14.1 Å². The molecule has 6 nitrogen and oxygen atoms in total. The molecule has 2 aliphatic rings. The second kappa shape index (κ2) is 10.1. The summed E-state index contributed by atoms with van der Waals surface area (Å²) in [6.45, 7) is 3.33. The Labute approximate surface area is 188 Å². The molecule has 2 saturated carbocycles. The lowest BCUT2D eigenvalue weighted by Gasteiger charge is -2.47. The Bertz CT molecular complexity index is 858. The zero-order valence-corrected chi connectivity index (χ0v) is 19.3. The van der Waals surface area contributed by atoms with E-state index in [1.807, 2.05) is 37.4 Å². The van der Waals surface area contributed by atoms with Crippen LogP contribution in [0.4, 0.5) is 0 Å². The van der Waals surface area contributed by atoms with Crippen molar-refractivity contribution in [1.29, 1.82) is 0 Å². The van der Waals surface area contributed by atoms with Crippen LogP contribution in [0.2, 0.25) is 0 Å². The van der Waals surface area contributed by atoms with Crippen LogP contribution in [0.1, 0.15) is 62.4 Å². The van der Waals surface area contributed by atoms with Gasteiger partial charge in [0.05, 0.1) is 0 Å². The van der Waals surface area contributed by atoms with Crippen LogP contribution in [0.3, 0.4) is 0 Å². The molecule has 168 valence electrons. The van der Waals surface area contributed by atoms with Crippen LogP contribution >= 0.6 is 11.8 Å². The maximum absolute atomic E-state index is 13.4. The van der Waals surface area contributed by atoms with Crippen molar-refractivity contribution in [3.8, 4) is 5.88 Å². The first kappa shape index (κ1) is 22.2. The number of benzene rings is 1. The summed E-state index contributed by atoms with van der Waals surface area (Å²) in [5, 5.41) is 10.5. The highest BCUT2D eigenvalue weighted by Gasteiger charge is 2.43. The average Bonchev–Trinajstić information content (AvgIpc) is 3.17. The number of nitrogens with zero attached hydrogens (tertiary/aromatic N) is 1. The van der Waals surface area contributed by atoms with Crippen molar-refractivity contribution >= 4 is 17.7 Å². The highest BCUT2D eigenvalue weighted by molar-refractivity contribution is 7.99. The Kier molecular flexibility index (Phi) is 7.23. The first-order valence-electron chi connectivity index (χ1n) is 11.4. The monoisotopic (exact) mass is 443 g/mol. The molecule has 2 aromatic rings. The summed E-state index contributed by atoms with van der Waals surface area (Å²) in [6, 6.07) is 9.94. The SMILES string of the molecule is CCC1(NC(=O)c2onc(OCCNC)c2Sc2ccccc2)CC2CCC[C@H](C2)C1. The number of ether oxygens (including phenoxy) is 1. The van der Waals surface area contributed by atoms with Crippen molar-refractivity contribution in [3.05, 3.63) is 36.1 Å². The van der Waals surface area contributed by atoms with Gasteiger partial charge in [0.2, 0.25) is 5.76 Å². The van der Waals surface area contributed by atoms with Gasteiger partial charge in [0, 0.05) is 17.0 Å². The molecular formula is C24H33N3O3S. The van der Waals surface area contributed by atoms with E-state index in [2.05, 4.69) is 22.7 Å². The van der Waals surface area contributed by atoms with E-state index in [1.165, 1.54) is 37.4 Å². The molecule has 1 heterocycles. The summed E-state index contributed by atoms with van der Waals surface area (Å²) in [4.78, 5) is 15.1. The maximum atomic E-state index is 13.4. The third-order valence-corrected chi connectivity index (χ3v) is 7.76. The van der Waals surface area contributed by atoms with Crippen LogP contribution in [0.25, 0.3) is 0 Å². The summed E-state index contributed by atoms with van der Waals surface area (Å²) in [5.74, 6) is 1.88. The minimum absolute atomic E-state index is 0.153. The van der Waals surface area contributed by atoms with Crippen LogP contribution in [-0.4, -0.2) is 36.8 Å². The molecule has 2 unspecified atom stereocenters. The molecule has 1 aromatic heterocycles. The summed E-state index contributed by atoms with van der Waals surface area (Å²) in [6.07, 6.45) is 8.28. The van der Waals surface area contributed by atoms with E-state index in [0.717, 1.165) is 36.0 Å². The van der Waals surface area contributed by atoms with Crippen LogP contribution in [0.5, 0.6) is 5.88 Å². The lowest BCUT2D eigenvalue weighted by Crippen LogP contribution is -2.53. The standard InChI is InChI=1S/C24H33N3O3S/c1-3-24(15-17-8-7-9-18(14-17)16-24)26-22(28)20-21(31-19-10-5-4-6-11-19)23(27-30-20)29-13-12-25-2/h4-6,10-11,17-18,25H,3,7-9,12-16H2,1-2H3,(H,26,28)/t17-,18?,24?/m1/s1. The Morgan fingerprint density at radius 1 is 1.26 bits per heavy atom. The molecule has 31 heavy (non-hydrogen) atoms. The minimum atomic E-state index is -0.184. The second-order valence-electron chi connectivity index (χ2n) is 8.91. The fourth-order valence-electron chi connectivity index (χ4n) is 5.19. The average molecular weight is 444 g/mol. The van der Waals surface area contributed by atoms with Gasteiger partial charge in [-0.05, 0) is 61.9 Å². The molecule has 1 aromatic carbocycles. The van der Waals surface area contributed by atoms with Crippen molar-refractivity contribution in [1.82, 2.24) is 15.8 Å². The van der Waals surface area contributed by atoms with E-state index in [9.17, 15) is 4.79 Å². The first-order chi connectivity index (χ1) is 15.1. The first-order valence-corrected chi connectivity index (χ1v) is 12.3. The molecule has 3 atom stereocenters. The van der Waals surface area contributed by atoms with Crippen molar-refractivity contribution in [3.63, 3.8) is 0 Å². The number of fused-ring (bicyclic) bond motifs is 2. The molecule has 0 saturated heterocycles. The summed E-state index contributed by atoms with van der Waals surface area (Å²) < 4.78 is 11.4. The van der Waals surface area contributed by atoms with Gasteiger partial charge < -0.3 is 19.9 Å². The molecule has 2 aliphatic carbocycles. The molecule has 2 fully saturated rings. The van der Waals surface area contributed by atoms with Crippen molar-refractivity contribution in [2.75, 3.05) is 20.2 Å². The van der Waals surface area contributed by atoms with Gasteiger partial charge in [0.25, 0.3) is 11.8 Å². The van der Waals surface area contributed by atoms with Crippen LogP contribution < -0.4 is 15.4 Å². The molecule has 2 N–H and O–H groups in total. The smallest absolute Gasteiger partial charge is 0.291 e. The summed E-state index contributed by atoms with van der Waals surface area (Å²) in [5.41, 5.74) is -0.153. The third-order valence-electron chi connectivity index (χ3n) is 6.69. The van der Waals surface area contributed by atoms with E-state index in [-0.39, 0.29) is 17.2 Å². The van der Waals surface area contributed by atoms with Gasteiger partial charge in [-0.1, -0.05) is 56.1 Å². The van der Waals surface area contributed by atoms with Crippen LogP contribution in [-0.2, 0) is 0 Å². The van der Waals surface area contributed by atoms with Gasteiger partial charge in [-0.25, -0.2) is 0 Å². The summed E-state index contributed by atoms with van der Waals surface area (Å²) in [7, 11) is 1.87. The topological polar surface area (TPSA) is 76.4 Å². The molecule has 0 radical (unpaired) electrons. The maximum Gasteiger partial charge on any atom is 0.291 e. The van der Waals surface area contributed by atoms with Crippen molar-refractivity contribution in [2.45, 2.75) is 67.2 Å². The van der Waals surface area contributed by atoms with Gasteiger partial charge in [-0.3, -0.25) is 4.79 Å². The van der Waals surface area contributed by atoms with Gasteiger partial charge in [0.15, 0.2) is 0 Å². The van der Waals surface area contributed by atoms with Crippen LogP contribution in [0, 0.1) is 11.8 Å². The number of carbonyl (C=O) groups excluding carboxylic acids is 1. The summed E-state index contributed by atoms with van der Waals surface area (Å²) >= 11 is 1.46. The molecule has 0 spiro atoms. The number of aromatic nitrogens is 1. The van der Waals surface area contributed by atoms with Gasteiger partial charge >= 0.3 is 0 Å². The van der Waals surface area contributed by atoms with E-state index < -0.39 is 0 Å². The van der Waals surface area contributed by atoms with Gasteiger partial charge in [-0.2, -0.15) is 0 Å². The fourth-order valence-corrected chi connectivity index (χ4v) is 6.12. The number of hydrogen-bond donors (Lipinski definition) is 2. The molecule has 1 amide bonds. The van der Waals surface area contributed by atoms with E-state index in [1.54, 1.807) is 0 Å². The highest BCUT2D eigenvalue weighted by Crippen LogP contribution is 2.46. The number of carbonyl (C=O) groups is 1. The fraction of sp³-hybridized carbons (Fsp3) is 0.583. The normalized spacial score (nSPS) is 25.2. The number of rotatable bonds is 9. The largest absolute Gasteiger partial charge is 0.473 e. The molecule has 4 rings (SSSR count). The second-order valence-corrected chi connectivity index (χ2v) is 9.99. The lowest BCUT2D eigenvalue weighted by atomic mass is 9.64. The predicted octanol–water partition coefficient (Wildman–Crippen LogP) is 4.90. The van der Waals surface area contributed by atoms with Gasteiger partial charge in [0.1, 0.15) is 11.5 Å². The van der Waals surface area contributed by atoms with E-state index >= 15 is 0 Å². The highest BCUT2D eigenvalue weighted by atomic mass is 32.2. The zero-order chi connectivity index (χ0) is 21.7. The van der Waals surface area contributed by atoms with E-state index in [0.29, 0.717) is 23.9 Å². The Morgan fingerprint density at radius 2 is 2.00 bits per heavy atom. The Hall–Kier alpha value is -1.99. The predicted molar refractivity (Wildman–Crippen MR) is 122 cm³/mol. The molecule has 7 heteroatoms. The third kappa shape index (κ3) is 5.26. The molecular weight excluding hydrogens is 410 g/mol. The lowest BCUT2D eigenvalue weighted by molar-refractivity contribution is 0.0625. The van der Waals surface area contributed by atoms with E-state index in [4.69, 9.17) is 9.26 Å². The Balaban J connectivity index is 1.56. The van der Waals surface area contributed by atoms with Gasteiger partial charge in [-0.15, -0.1) is 0 Å². The number of nitrogens with one attached hydrogen (secondary N) is 2. The number of amides is 1. The quantitative estimate of drug-likeness (QED) is 0.537. The number of hydrogen-bond acceptors (Lipinski definition) is 6. The van der Waals surface area contributed by atoms with Crippen molar-refractivity contribution in [2.24, 2.45) is 11.8 Å². The molecule has 0 aliphatic heterocycles. The Morgan fingerprint density at radius 3 is 2.68 bits per heavy atom. The van der Waals surface area contributed by atoms with Crippen LogP contribution in [0.15, 0.2) is 44.6 Å². The number of likely N-dealkylation sites (N-methyl/N-ethyl adjacent to an activating group) is 1.